The smallest absolute Gasteiger partial charge is 0.0500 e. The van der Waals surface area contributed by atoms with Crippen molar-refractivity contribution in [1.82, 2.24) is 0 Å². The van der Waals surface area contributed by atoms with Crippen molar-refractivity contribution in [2.45, 2.75) is 57.8 Å². The van der Waals surface area contributed by atoms with Crippen LogP contribution in [0.15, 0.2) is 28.7 Å². The maximum atomic E-state index is 9.52. The Hall–Kier alpha value is -0.340. The Bertz CT molecular complexity index is 325. The number of aliphatic hydroxyl groups is 1. The van der Waals surface area contributed by atoms with Gasteiger partial charge in [-0.05, 0) is 18.1 Å². The molecule has 0 spiro atoms. The van der Waals surface area contributed by atoms with Crippen molar-refractivity contribution in [3.63, 3.8) is 0 Å². The van der Waals surface area contributed by atoms with E-state index in [2.05, 4.69) is 35.0 Å². The van der Waals surface area contributed by atoms with Crippen LogP contribution < -0.4 is 0 Å². The summed E-state index contributed by atoms with van der Waals surface area (Å²) in [6, 6.07) is 8.23. The maximum Gasteiger partial charge on any atom is 0.0500 e. The third-order valence-corrected chi connectivity index (χ3v) is 4.19. The second kappa shape index (κ2) is 9.57. The summed E-state index contributed by atoms with van der Waals surface area (Å²) in [5.74, 6) is 0.284. The predicted octanol–water partition coefficient (Wildman–Crippen LogP) is 5.28. The molecule has 1 atom stereocenters. The quantitative estimate of drug-likeness (QED) is 0.615. The maximum absolute atomic E-state index is 9.52. The first-order valence-corrected chi connectivity index (χ1v) is 7.94. The lowest BCUT2D eigenvalue weighted by atomic mass is 9.93. The molecule has 0 bridgehead atoms. The SMILES string of the molecule is CCCCCCCCC(CO)c1ccccc1Br. The molecule has 0 amide bonds. The second-order valence-electron chi connectivity index (χ2n) is 4.96. The van der Waals surface area contributed by atoms with Gasteiger partial charge in [-0.15, -0.1) is 0 Å². The molecule has 1 unspecified atom stereocenters. The van der Waals surface area contributed by atoms with Crippen molar-refractivity contribution >= 4 is 15.9 Å². The number of hydrogen-bond acceptors (Lipinski definition) is 1. The van der Waals surface area contributed by atoms with E-state index in [1.54, 1.807) is 0 Å². The van der Waals surface area contributed by atoms with Gasteiger partial charge < -0.3 is 5.11 Å². The molecule has 102 valence electrons. The molecule has 0 fully saturated rings. The third-order valence-electron chi connectivity index (χ3n) is 3.47. The Balaban J connectivity index is 2.32. The van der Waals surface area contributed by atoms with Crippen LogP contribution in [-0.2, 0) is 0 Å². The Labute approximate surface area is 120 Å². The summed E-state index contributed by atoms with van der Waals surface area (Å²) in [4.78, 5) is 0. The fraction of sp³-hybridized carbons (Fsp3) is 0.625. The van der Waals surface area contributed by atoms with Crippen LogP contribution in [0.1, 0.15) is 63.4 Å². The predicted molar refractivity (Wildman–Crippen MR) is 82.0 cm³/mol. The van der Waals surface area contributed by atoms with Crippen molar-refractivity contribution in [2.75, 3.05) is 6.61 Å². The molecule has 1 N–H and O–H groups in total. The molecule has 2 heteroatoms. The zero-order valence-electron chi connectivity index (χ0n) is 11.4. The lowest BCUT2D eigenvalue weighted by Crippen LogP contribution is -2.05. The van der Waals surface area contributed by atoms with Crippen LogP contribution in [-0.4, -0.2) is 11.7 Å². The Morgan fingerprint density at radius 1 is 1.06 bits per heavy atom. The minimum atomic E-state index is 0.248. The van der Waals surface area contributed by atoms with E-state index >= 15 is 0 Å². The Morgan fingerprint density at radius 3 is 2.39 bits per heavy atom. The van der Waals surface area contributed by atoms with Crippen LogP contribution in [0.3, 0.4) is 0 Å². The third kappa shape index (κ3) is 5.53. The average Bonchev–Trinajstić information content (AvgIpc) is 2.39. The van der Waals surface area contributed by atoms with Crippen molar-refractivity contribution < 1.29 is 5.11 Å². The molecule has 0 aliphatic heterocycles. The molecule has 0 aliphatic carbocycles. The fourth-order valence-electron chi connectivity index (χ4n) is 2.32. The standard InChI is InChI=1S/C16H25BrO/c1-2-3-4-5-6-7-10-14(13-18)15-11-8-9-12-16(15)17/h8-9,11-12,14,18H,2-7,10,13H2,1H3. The second-order valence-corrected chi connectivity index (χ2v) is 5.81. The molecule has 0 radical (unpaired) electrons. The zero-order chi connectivity index (χ0) is 13.2. The van der Waals surface area contributed by atoms with Gasteiger partial charge in [-0.25, -0.2) is 0 Å². The van der Waals surface area contributed by atoms with E-state index in [1.807, 2.05) is 12.1 Å². The average molecular weight is 313 g/mol. The van der Waals surface area contributed by atoms with E-state index in [4.69, 9.17) is 0 Å². The number of unbranched alkanes of at least 4 members (excludes halogenated alkanes) is 5. The van der Waals surface area contributed by atoms with Crippen molar-refractivity contribution in [3.05, 3.63) is 34.3 Å². The topological polar surface area (TPSA) is 20.2 Å². The first-order valence-electron chi connectivity index (χ1n) is 7.14. The van der Waals surface area contributed by atoms with Gasteiger partial charge in [0, 0.05) is 17.0 Å². The Kier molecular flexibility index (Phi) is 8.36. The van der Waals surface area contributed by atoms with Crippen molar-refractivity contribution in [1.29, 1.82) is 0 Å². The molecule has 0 aliphatic rings. The first-order chi connectivity index (χ1) is 8.79. The number of halogens is 1. The van der Waals surface area contributed by atoms with Crippen LogP contribution in [0.25, 0.3) is 0 Å². The number of hydrogen-bond donors (Lipinski definition) is 1. The molecule has 0 saturated carbocycles. The van der Waals surface area contributed by atoms with Gasteiger partial charge in [0.1, 0.15) is 0 Å². The minimum Gasteiger partial charge on any atom is -0.396 e. The summed E-state index contributed by atoms with van der Waals surface area (Å²) >= 11 is 3.57. The summed E-state index contributed by atoms with van der Waals surface area (Å²) < 4.78 is 1.12. The summed E-state index contributed by atoms with van der Waals surface area (Å²) in [5.41, 5.74) is 1.24. The normalized spacial score (nSPS) is 12.6. The fourth-order valence-corrected chi connectivity index (χ4v) is 2.93. The minimum absolute atomic E-state index is 0.248. The van der Waals surface area contributed by atoms with Gasteiger partial charge in [-0.1, -0.05) is 79.6 Å². The molecular formula is C16H25BrO. The molecular weight excluding hydrogens is 288 g/mol. The van der Waals surface area contributed by atoms with Crippen LogP contribution in [0.2, 0.25) is 0 Å². The molecule has 0 heterocycles. The molecule has 1 rings (SSSR count). The van der Waals surface area contributed by atoms with E-state index in [9.17, 15) is 5.11 Å². The van der Waals surface area contributed by atoms with Crippen LogP contribution in [0, 0.1) is 0 Å². The lowest BCUT2D eigenvalue weighted by molar-refractivity contribution is 0.256. The molecule has 0 saturated heterocycles. The highest BCUT2D eigenvalue weighted by atomic mass is 79.9. The summed E-state index contributed by atoms with van der Waals surface area (Å²) in [6.45, 7) is 2.49. The highest BCUT2D eigenvalue weighted by Gasteiger charge is 2.12. The summed E-state index contributed by atoms with van der Waals surface area (Å²) in [6.07, 6.45) is 8.95. The lowest BCUT2D eigenvalue weighted by Gasteiger charge is -2.16. The van der Waals surface area contributed by atoms with Gasteiger partial charge in [-0.2, -0.15) is 0 Å². The van der Waals surface area contributed by atoms with E-state index in [0.717, 1.165) is 10.9 Å². The highest BCUT2D eigenvalue weighted by molar-refractivity contribution is 9.10. The zero-order valence-corrected chi connectivity index (χ0v) is 13.0. The highest BCUT2D eigenvalue weighted by Crippen LogP contribution is 2.28. The van der Waals surface area contributed by atoms with E-state index in [0.29, 0.717) is 0 Å². The Morgan fingerprint density at radius 2 is 1.72 bits per heavy atom. The molecule has 0 aromatic heterocycles. The van der Waals surface area contributed by atoms with Gasteiger partial charge in [0.05, 0.1) is 0 Å². The van der Waals surface area contributed by atoms with Gasteiger partial charge in [0.25, 0.3) is 0 Å². The van der Waals surface area contributed by atoms with Crippen molar-refractivity contribution in [2.24, 2.45) is 0 Å². The van der Waals surface area contributed by atoms with Gasteiger partial charge >= 0.3 is 0 Å². The van der Waals surface area contributed by atoms with Gasteiger partial charge in [0.15, 0.2) is 0 Å². The van der Waals surface area contributed by atoms with Gasteiger partial charge in [-0.3, -0.25) is 0 Å². The molecule has 1 aromatic carbocycles. The largest absolute Gasteiger partial charge is 0.396 e. The first kappa shape index (κ1) is 15.7. The number of rotatable bonds is 9. The monoisotopic (exact) mass is 312 g/mol. The van der Waals surface area contributed by atoms with Crippen molar-refractivity contribution in [3.8, 4) is 0 Å². The van der Waals surface area contributed by atoms with Crippen LogP contribution in [0.5, 0.6) is 0 Å². The van der Waals surface area contributed by atoms with Gasteiger partial charge in [0.2, 0.25) is 0 Å². The number of aliphatic hydroxyl groups excluding tert-OH is 1. The summed E-state index contributed by atoms with van der Waals surface area (Å²) in [5, 5.41) is 9.52. The molecule has 1 nitrogen and oxygen atoms in total. The van der Waals surface area contributed by atoms with E-state index in [-0.39, 0.29) is 12.5 Å². The van der Waals surface area contributed by atoms with Crippen LogP contribution in [0.4, 0.5) is 0 Å². The number of benzene rings is 1. The molecule has 1 aromatic rings. The molecule has 18 heavy (non-hydrogen) atoms. The summed E-state index contributed by atoms with van der Waals surface area (Å²) in [7, 11) is 0. The van der Waals surface area contributed by atoms with E-state index in [1.165, 1.54) is 44.1 Å². The van der Waals surface area contributed by atoms with Crippen LogP contribution >= 0.6 is 15.9 Å². The van der Waals surface area contributed by atoms with E-state index < -0.39 is 0 Å².